The summed E-state index contributed by atoms with van der Waals surface area (Å²) in [7, 11) is 1.64. The lowest BCUT2D eigenvalue weighted by atomic mass is 10.2. The van der Waals surface area contributed by atoms with Crippen LogP contribution in [-0.2, 0) is 12.3 Å². The van der Waals surface area contributed by atoms with Crippen LogP contribution in [0.3, 0.4) is 0 Å². The fourth-order valence-electron chi connectivity index (χ4n) is 3.39. The van der Waals surface area contributed by atoms with Crippen molar-refractivity contribution in [1.29, 1.82) is 0 Å². The number of methoxy groups -OCH3 is 1. The molecule has 2 amide bonds. The molecule has 2 N–H and O–H groups in total. The molecule has 7 nitrogen and oxygen atoms in total. The SMILES string of the molecule is COc1cccc(CSc2nnc(CNC(=O)Nc3ccc(Cl)c(Cl)c3)n2-c2cc(Cl)ccc2C)c1. The second-order valence-corrected chi connectivity index (χ2v) is 9.94. The topological polar surface area (TPSA) is 81.1 Å². The Labute approximate surface area is 228 Å². The summed E-state index contributed by atoms with van der Waals surface area (Å²) in [6.07, 6.45) is 0. The van der Waals surface area contributed by atoms with Crippen LogP contribution in [0.2, 0.25) is 15.1 Å². The summed E-state index contributed by atoms with van der Waals surface area (Å²) < 4.78 is 7.23. The van der Waals surface area contributed by atoms with Crippen molar-refractivity contribution >= 4 is 58.3 Å². The van der Waals surface area contributed by atoms with Crippen molar-refractivity contribution in [2.75, 3.05) is 12.4 Å². The lowest BCUT2D eigenvalue weighted by molar-refractivity contribution is 0.251. The Bertz CT molecular complexity index is 1400. The lowest BCUT2D eigenvalue weighted by Crippen LogP contribution is -2.29. The number of anilines is 1. The van der Waals surface area contributed by atoms with E-state index in [0.29, 0.717) is 37.5 Å². The van der Waals surface area contributed by atoms with E-state index in [2.05, 4.69) is 20.8 Å². The number of ether oxygens (including phenoxy) is 1. The minimum Gasteiger partial charge on any atom is -0.497 e. The Morgan fingerprint density at radius 1 is 1.03 bits per heavy atom. The molecule has 0 fully saturated rings. The maximum atomic E-state index is 12.5. The zero-order valence-electron chi connectivity index (χ0n) is 19.4. The van der Waals surface area contributed by atoms with Gasteiger partial charge < -0.3 is 15.4 Å². The highest BCUT2D eigenvalue weighted by molar-refractivity contribution is 7.98. The van der Waals surface area contributed by atoms with Gasteiger partial charge in [-0.1, -0.05) is 64.8 Å². The number of rotatable bonds is 8. The number of aryl methyl sites for hydroxylation is 1. The molecule has 36 heavy (non-hydrogen) atoms. The Morgan fingerprint density at radius 2 is 1.86 bits per heavy atom. The number of urea groups is 1. The van der Waals surface area contributed by atoms with Gasteiger partial charge in [-0.25, -0.2) is 4.79 Å². The van der Waals surface area contributed by atoms with E-state index in [1.54, 1.807) is 25.3 Å². The third-order valence-electron chi connectivity index (χ3n) is 5.20. The Hall–Kier alpha value is -2.91. The van der Waals surface area contributed by atoms with E-state index < -0.39 is 6.03 Å². The number of thioether (sulfide) groups is 1. The number of carbonyl (C=O) groups is 1. The van der Waals surface area contributed by atoms with E-state index in [-0.39, 0.29) is 6.54 Å². The zero-order chi connectivity index (χ0) is 25.7. The number of nitrogens with one attached hydrogen (secondary N) is 2. The van der Waals surface area contributed by atoms with Gasteiger partial charge in [-0.3, -0.25) is 4.57 Å². The maximum Gasteiger partial charge on any atom is 0.319 e. The first-order valence-electron chi connectivity index (χ1n) is 10.8. The van der Waals surface area contributed by atoms with Crippen molar-refractivity contribution in [2.45, 2.75) is 24.4 Å². The zero-order valence-corrected chi connectivity index (χ0v) is 22.5. The number of aromatic nitrogens is 3. The molecule has 4 rings (SSSR count). The summed E-state index contributed by atoms with van der Waals surface area (Å²) in [4.78, 5) is 12.5. The lowest BCUT2D eigenvalue weighted by Gasteiger charge is -2.14. The molecule has 0 saturated heterocycles. The summed E-state index contributed by atoms with van der Waals surface area (Å²) in [6.45, 7) is 2.11. The third kappa shape index (κ3) is 6.44. The normalized spacial score (nSPS) is 10.8. The first kappa shape index (κ1) is 26.2. The van der Waals surface area contributed by atoms with Gasteiger partial charge >= 0.3 is 6.03 Å². The Kier molecular flexibility index (Phi) is 8.64. The van der Waals surface area contributed by atoms with E-state index in [4.69, 9.17) is 39.5 Å². The van der Waals surface area contributed by atoms with Crippen molar-refractivity contribution in [3.63, 3.8) is 0 Å². The molecule has 0 spiro atoms. The van der Waals surface area contributed by atoms with Crippen molar-refractivity contribution in [3.8, 4) is 11.4 Å². The fraction of sp³-hybridized carbons (Fsp3) is 0.160. The van der Waals surface area contributed by atoms with Gasteiger partial charge in [0.1, 0.15) is 5.75 Å². The summed E-state index contributed by atoms with van der Waals surface area (Å²) in [5, 5.41) is 16.3. The fourth-order valence-corrected chi connectivity index (χ4v) is 4.76. The van der Waals surface area contributed by atoms with Crippen LogP contribution in [0.4, 0.5) is 10.5 Å². The number of amides is 2. The standard InChI is InChI=1S/C25H22Cl3N5O2S/c1-15-6-7-17(26)11-22(15)33-23(13-29-24(34)30-18-8-9-20(27)21(28)12-18)31-32-25(33)36-14-16-4-3-5-19(10-16)35-2/h3-12H,13-14H2,1-2H3,(H2,29,30,34). The molecule has 0 bridgehead atoms. The predicted octanol–water partition coefficient (Wildman–Crippen LogP) is 7.16. The second-order valence-electron chi connectivity index (χ2n) is 7.74. The van der Waals surface area contributed by atoms with Crippen LogP contribution in [0.1, 0.15) is 17.0 Å². The van der Waals surface area contributed by atoms with Gasteiger partial charge in [0, 0.05) is 16.5 Å². The second kappa shape index (κ2) is 11.9. The average Bonchev–Trinajstić information content (AvgIpc) is 3.28. The van der Waals surface area contributed by atoms with E-state index >= 15 is 0 Å². The molecule has 4 aromatic rings. The first-order valence-corrected chi connectivity index (χ1v) is 12.9. The van der Waals surface area contributed by atoms with Gasteiger partial charge in [-0.15, -0.1) is 10.2 Å². The van der Waals surface area contributed by atoms with Crippen LogP contribution < -0.4 is 15.4 Å². The van der Waals surface area contributed by atoms with Crippen LogP contribution >= 0.6 is 46.6 Å². The van der Waals surface area contributed by atoms with Gasteiger partial charge in [0.2, 0.25) is 0 Å². The number of halogens is 3. The summed E-state index contributed by atoms with van der Waals surface area (Å²) >= 11 is 19.8. The quantitative estimate of drug-likeness (QED) is 0.223. The molecule has 0 aliphatic heterocycles. The molecule has 0 aliphatic carbocycles. The average molecular weight is 563 g/mol. The summed E-state index contributed by atoms with van der Waals surface area (Å²) in [6, 6.07) is 17.9. The minimum absolute atomic E-state index is 0.131. The predicted molar refractivity (Wildman–Crippen MR) is 146 cm³/mol. The molecule has 3 aromatic carbocycles. The largest absolute Gasteiger partial charge is 0.497 e. The summed E-state index contributed by atoms with van der Waals surface area (Å²) in [5.41, 5.74) is 3.42. The van der Waals surface area contributed by atoms with Crippen LogP contribution in [0.25, 0.3) is 5.69 Å². The molecule has 11 heteroatoms. The van der Waals surface area contributed by atoms with E-state index in [1.807, 2.05) is 54.0 Å². The molecule has 0 unspecified atom stereocenters. The van der Waals surface area contributed by atoms with Gasteiger partial charge in [-0.2, -0.15) is 0 Å². The van der Waals surface area contributed by atoms with Crippen LogP contribution in [0, 0.1) is 6.92 Å². The van der Waals surface area contributed by atoms with Gasteiger partial charge in [0.25, 0.3) is 0 Å². The highest BCUT2D eigenvalue weighted by Crippen LogP contribution is 2.29. The number of hydrogen-bond acceptors (Lipinski definition) is 5. The highest BCUT2D eigenvalue weighted by Gasteiger charge is 2.18. The van der Waals surface area contributed by atoms with Gasteiger partial charge in [-0.05, 0) is 60.5 Å². The monoisotopic (exact) mass is 561 g/mol. The summed E-state index contributed by atoms with van der Waals surface area (Å²) in [5.74, 6) is 2.00. The maximum absolute atomic E-state index is 12.5. The number of carbonyl (C=O) groups excluding carboxylic acids is 1. The van der Waals surface area contributed by atoms with Crippen molar-refractivity contribution in [2.24, 2.45) is 0 Å². The molecule has 1 aromatic heterocycles. The minimum atomic E-state index is -0.420. The highest BCUT2D eigenvalue weighted by atomic mass is 35.5. The molecule has 186 valence electrons. The molecular formula is C25H22Cl3N5O2S. The molecule has 1 heterocycles. The van der Waals surface area contributed by atoms with Crippen LogP contribution in [0.5, 0.6) is 5.75 Å². The van der Waals surface area contributed by atoms with Crippen LogP contribution in [0.15, 0.2) is 65.8 Å². The van der Waals surface area contributed by atoms with Crippen molar-refractivity contribution in [1.82, 2.24) is 20.1 Å². The van der Waals surface area contributed by atoms with E-state index in [9.17, 15) is 4.79 Å². The smallest absolute Gasteiger partial charge is 0.319 e. The van der Waals surface area contributed by atoms with Crippen molar-refractivity contribution < 1.29 is 9.53 Å². The molecule has 0 aliphatic rings. The number of hydrogen-bond donors (Lipinski definition) is 2. The Balaban J connectivity index is 1.55. The van der Waals surface area contributed by atoms with Gasteiger partial charge in [0.15, 0.2) is 11.0 Å². The number of nitrogens with zero attached hydrogens (tertiary/aromatic N) is 3. The van der Waals surface area contributed by atoms with E-state index in [1.165, 1.54) is 11.8 Å². The van der Waals surface area contributed by atoms with Crippen LogP contribution in [-0.4, -0.2) is 27.9 Å². The van der Waals surface area contributed by atoms with E-state index in [0.717, 1.165) is 22.6 Å². The molecule has 0 radical (unpaired) electrons. The molecular weight excluding hydrogens is 541 g/mol. The molecule has 0 atom stereocenters. The Morgan fingerprint density at radius 3 is 2.64 bits per heavy atom. The van der Waals surface area contributed by atoms with Crippen molar-refractivity contribution in [3.05, 3.63) is 92.7 Å². The first-order chi connectivity index (χ1) is 17.3. The number of benzene rings is 3. The third-order valence-corrected chi connectivity index (χ3v) is 7.17. The molecule has 0 saturated carbocycles. The van der Waals surface area contributed by atoms with Gasteiger partial charge in [0.05, 0.1) is 29.4 Å².